The number of benzene rings is 1. The lowest BCUT2D eigenvalue weighted by atomic mass is 10.0. The topological polar surface area (TPSA) is 42.7 Å². The molecule has 1 unspecified atom stereocenters. The van der Waals surface area contributed by atoms with Gasteiger partial charge >= 0.3 is 0 Å². The maximum Gasteiger partial charge on any atom is 0.290 e. The van der Waals surface area contributed by atoms with Crippen molar-refractivity contribution in [3.05, 3.63) is 64.5 Å². The van der Waals surface area contributed by atoms with Gasteiger partial charge in [0, 0.05) is 17.0 Å². The third-order valence-electron chi connectivity index (χ3n) is 4.34. The molecule has 1 atom stereocenters. The van der Waals surface area contributed by atoms with Crippen molar-refractivity contribution in [3.8, 4) is 17.1 Å². The molecule has 0 saturated carbocycles. The van der Waals surface area contributed by atoms with E-state index in [0.717, 1.165) is 24.3 Å². The monoisotopic (exact) mass is 339 g/mol. The van der Waals surface area contributed by atoms with Gasteiger partial charge in [-0.15, -0.1) is 11.3 Å². The van der Waals surface area contributed by atoms with Gasteiger partial charge in [-0.2, -0.15) is 0 Å². The molecule has 1 aliphatic heterocycles. The first-order chi connectivity index (χ1) is 11.8. The highest BCUT2D eigenvalue weighted by atomic mass is 32.1. The van der Waals surface area contributed by atoms with Crippen LogP contribution in [0.4, 0.5) is 0 Å². The first-order valence-corrected chi connectivity index (χ1v) is 8.73. The summed E-state index contributed by atoms with van der Waals surface area (Å²) >= 11 is 1.69. The van der Waals surface area contributed by atoms with Gasteiger partial charge in [0.15, 0.2) is 5.76 Å². The normalized spacial score (nSPS) is 16.7. The van der Waals surface area contributed by atoms with Crippen molar-refractivity contribution >= 4 is 17.2 Å². The Labute approximate surface area is 144 Å². The van der Waals surface area contributed by atoms with Gasteiger partial charge in [-0.3, -0.25) is 4.79 Å². The number of likely N-dealkylation sites (tertiary alicyclic amines) is 1. The van der Waals surface area contributed by atoms with Crippen LogP contribution in [0.15, 0.2) is 58.3 Å². The summed E-state index contributed by atoms with van der Waals surface area (Å²) in [5, 5.41) is 2.05. The molecule has 0 aliphatic carbocycles. The van der Waals surface area contributed by atoms with Gasteiger partial charge in [-0.25, -0.2) is 0 Å². The van der Waals surface area contributed by atoms with E-state index in [1.165, 1.54) is 4.88 Å². The molecule has 3 aromatic rings. The van der Waals surface area contributed by atoms with Gasteiger partial charge in [-0.1, -0.05) is 6.07 Å². The highest BCUT2D eigenvalue weighted by molar-refractivity contribution is 7.10. The van der Waals surface area contributed by atoms with E-state index in [-0.39, 0.29) is 11.9 Å². The third-order valence-corrected chi connectivity index (χ3v) is 5.32. The Morgan fingerprint density at radius 3 is 2.67 bits per heavy atom. The number of thiophene rings is 1. The molecule has 0 N–H and O–H groups in total. The summed E-state index contributed by atoms with van der Waals surface area (Å²) in [6.07, 6.45) is 1.01. The zero-order chi connectivity index (χ0) is 16.5. The average molecular weight is 339 g/mol. The Morgan fingerprint density at radius 1 is 1.21 bits per heavy atom. The van der Waals surface area contributed by atoms with E-state index in [1.54, 1.807) is 24.5 Å². The summed E-state index contributed by atoms with van der Waals surface area (Å²) in [4.78, 5) is 15.8. The lowest BCUT2D eigenvalue weighted by molar-refractivity contribution is 0.0436. The molecule has 0 radical (unpaired) electrons. The second kappa shape index (κ2) is 6.17. The van der Waals surface area contributed by atoms with Crippen LogP contribution in [0.25, 0.3) is 11.3 Å². The molecule has 0 bridgehead atoms. The van der Waals surface area contributed by atoms with Crippen molar-refractivity contribution in [2.24, 2.45) is 0 Å². The van der Waals surface area contributed by atoms with Crippen molar-refractivity contribution in [2.45, 2.75) is 12.5 Å². The number of ether oxygens (including phenoxy) is 1. The number of carbonyl (C=O) groups excluding carboxylic acids is 1. The predicted octanol–water partition coefficient (Wildman–Crippen LogP) is 4.60. The first-order valence-electron chi connectivity index (χ1n) is 7.85. The zero-order valence-electron chi connectivity index (χ0n) is 13.3. The van der Waals surface area contributed by atoms with E-state index in [4.69, 9.17) is 9.15 Å². The van der Waals surface area contributed by atoms with Crippen LogP contribution < -0.4 is 4.74 Å². The molecule has 4 nitrogen and oxygen atoms in total. The average Bonchev–Trinajstić information content (AvgIpc) is 3.26. The molecule has 5 heteroatoms. The number of hydrogen-bond acceptors (Lipinski definition) is 4. The quantitative estimate of drug-likeness (QED) is 0.697. The number of rotatable bonds is 4. The van der Waals surface area contributed by atoms with Crippen LogP contribution >= 0.6 is 11.3 Å². The van der Waals surface area contributed by atoms with Crippen LogP contribution in [0, 0.1) is 0 Å². The van der Waals surface area contributed by atoms with E-state index in [2.05, 4.69) is 6.07 Å². The minimum Gasteiger partial charge on any atom is -0.497 e. The van der Waals surface area contributed by atoms with Crippen molar-refractivity contribution < 1.29 is 13.9 Å². The van der Waals surface area contributed by atoms with Crippen LogP contribution in [0.3, 0.4) is 0 Å². The number of methoxy groups -OCH3 is 1. The van der Waals surface area contributed by atoms with Gasteiger partial charge in [0.05, 0.1) is 13.2 Å². The predicted molar refractivity (Wildman–Crippen MR) is 93.4 cm³/mol. The van der Waals surface area contributed by atoms with Crippen LogP contribution in [-0.4, -0.2) is 24.5 Å². The SMILES string of the molecule is COc1ccc(-c2ccc(C(=O)N3CCC3c3cccs3)o2)cc1. The molecule has 1 saturated heterocycles. The standard InChI is InChI=1S/C19H17NO3S/c1-22-14-6-4-13(5-7-14)16-8-9-17(23-16)19(21)20-11-10-15(20)18-3-2-12-24-18/h2-9,12,15H,10-11H2,1H3. The highest BCUT2D eigenvalue weighted by Gasteiger charge is 2.35. The Hall–Kier alpha value is -2.53. The van der Waals surface area contributed by atoms with Gasteiger partial charge in [-0.05, 0) is 54.3 Å². The maximum atomic E-state index is 12.7. The van der Waals surface area contributed by atoms with E-state index in [0.29, 0.717) is 11.5 Å². The molecule has 24 heavy (non-hydrogen) atoms. The van der Waals surface area contributed by atoms with Crippen molar-refractivity contribution in [1.29, 1.82) is 0 Å². The maximum absolute atomic E-state index is 12.7. The number of furan rings is 1. The van der Waals surface area contributed by atoms with E-state index in [9.17, 15) is 4.79 Å². The zero-order valence-corrected chi connectivity index (χ0v) is 14.1. The molecule has 4 rings (SSSR count). The number of amides is 1. The Bertz CT molecular complexity index is 836. The largest absolute Gasteiger partial charge is 0.497 e. The fraction of sp³-hybridized carbons (Fsp3) is 0.211. The Balaban J connectivity index is 1.53. The second-order valence-corrected chi connectivity index (χ2v) is 6.69. The van der Waals surface area contributed by atoms with Crippen LogP contribution in [0.1, 0.15) is 27.9 Å². The molecule has 122 valence electrons. The molecule has 2 aromatic heterocycles. The third kappa shape index (κ3) is 2.61. The number of nitrogens with zero attached hydrogens (tertiary/aromatic N) is 1. The van der Waals surface area contributed by atoms with Crippen LogP contribution in [-0.2, 0) is 0 Å². The molecule has 1 fully saturated rings. The lowest BCUT2D eigenvalue weighted by Gasteiger charge is -2.39. The Kier molecular flexibility index (Phi) is 3.86. The lowest BCUT2D eigenvalue weighted by Crippen LogP contribution is -2.44. The van der Waals surface area contributed by atoms with E-state index in [1.807, 2.05) is 46.7 Å². The fourth-order valence-corrected chi connectivity index (χ4v) is 3.79. The van der Waals surface area contributed by atoms with Gasteiger partial charge in [0.25, 0.3) is 5.91 Å². The molecular formula is C19H17NO3S. The molecular weight excluding hydrogens is 322 g/mol. The summed E-state index contributed by atoms with van der Waals surface area (Å²) in [5.41, 5.74) is 0.924. The first kappa shape index (κ1) is 15.0. The van der Waals surface area contributed by atoms with E-state index < -0.39 is 0 Å². The van der Waals surface area contributed by atoms with Crippen LogP contribution in [0.5, 0.6) is 5.75 Å². The summed E-state index contributed by atoms with van der Waals surface area (Å²) in [7, 11) is 1.63. The molecule has 1 amide bonds. The summed E-state index contributed by atoms with van der Waals surface area (Å²) in [5.74, 6) is 1.83. The minimum absolute atomic E-state index is 0.0422. The summed E-state index contributed by atoms with van der Waals surface area (Å²) < 4.78 is 11.0. The van der Waals surface area contributed by atoms with Crippen molar-refractivity contribution in [1.82, 2.24) is 4.90 Å². The van der Waals surface area contributed by atoms with Crippen molar-refractivity contribution in [3.63, 3.8) is 0 Å². The van der Waals surface area contributed by atoms with Gasteiger partial charge in [0.2, 0.25) is 0 Å². The van der Waals surface area contributed by atoms with Crippen molar-refractivity contribution in [2.75, 3.05) is 13.7 Å². The number of hydrogen-bond donors (Lipinski definition) is 0. The number of carbonyl (C=O) groups is 1. The summed E-state index contributed by atoms with van der Waals surface area (Å²) in [6, 6.07) is 15.5. The molecule has 3 heterocycles. The highest BCUT2D eigenvalue weighted by Crippen LogP contribution is 2.37. The fourth-order valence-electron chi connectivity index (χ4n) is 2.91. The smallest absolute Gasteiger partial charge is 0.290 e. The molecule has 1 aromatic carbocycles. The minimum atomic E-state index is -0.0422. The molecule has 1 aliphatic rings. The molecule has 0 spiro atoms. The Morgan fingerprint density at radius 2 is 2.04 bits per heavy atom. The van der Waals surface area contributed by atoms with Gasteiger partial charge in [0.1, 0.15) is 11.5 Å². The summed E-state index contributed by atoms with van der Waals surface area (Å²) in [6.45, 7) is 0.778. The van der Waals surface area contributed by atoms with Crippen LogP contribution in [0.2, 0.25) is 0 Å². The second-order valence-electron chi connectivity index (χ2n) is 5.71. The van der Waals surface area contributed by atoms with E-state index >= 15 is 0 Å². The van der Waals surface area contributed by atoms with Gasteiger partial charge < -0.3 is 14.1 Å².